The zero-order chi connectivity index (χ0) is 33.4. The molecule has 0 saturated carbocycles. The highest BCUT2D eigenvalue weighted by molar-refractivity contribution is 6.09. The summed E-state index contributed by atoms with van der Waals surface area (Å²) in [4.78, 5) is 17.5. The van der Waals surface area contributed by atoms with E-state index in [0.717, 1.165) is 6.07 Å². The Morgan fingerprint density at radius 2 is 1.60 bits per heavy atom. The van der Waals surface area contributed by atoms with Crippen molar-refractivity contribution < 1.29 is 36.2 Å². The maximum Gasteiger partial charge on any atom is 0.416 e. The van der Waals surface area contributed by atoms with Crippen LogP contribution in [-0.2, 0) is 23.7 Å². The average molecular weight is 616 g/mol. The van der Waals surface area contributed by atoms with Crippen LogP contribution in [0, 0.1) is 0 Å². The molecule has 0 aliphatic rings. The Kier molecular flexibility index (Phi) is 17.3. The number of hydrogen-bond donors (Lipinski definition) is 2. The molecule has 2 N–H and O–H groups in total. The van der Waals surface area contributed by atoms with Gasteiger partial charge in [0.25, 0.3) is 0 Å². The number of aliphatic hydroxyl groups is 1. The summed E-state index contributed by atoms with van der Waals surface area (Å²) in [5.41, 5.74) is -1.65. The Morgan fingerprint density at radius 3 is 2.14 bits per heavy atom. The number of benzene rings is 2. The summed E-state index contributed by atoms with van der Waals surface area (Å²) in [6, 6.07) is 6.84. The number of halogens is 6. The molecule has 11 heteroatoms. The minimum Gasteiger partial charge on any atom is -0.396 e. The van der Waals surface area contributed by atoms with Crippen LogP contribution in [0.1, 0.15) is 76.6 Å². The van der Waals surface area contributed by atoms with Crippen molar-refractivity contribution in [3.8, 4) is 0 Å². The number of carbonyl (C=O) groups excluding carboxylic acids is 1. The van der Waals surface area contributed by atoms with E-state index < -0.39 is 23.5 Å². The number of aliphatic imine (C=N–C) groups is 1. The molecule has 2 aromatic rings. The molecule has 0 bridgehead atoms. The molecule has 240 valence electrons. The second kappa shape index (κ2) is 18.8. The first kappa shape index (κ1) is 39.4. The van der Waals surface area contributed by atoms with Crippen molar-refractivity contribution in [1.29, 1.82) is 0 Å². The largest absolute Gasteiger partial charge is 0.416 e. The third-order valence-corrected chi connectivity index (χ3v) is 5.58. The topological polar surface area (TPSA) is 64.9 Å². The van der Waals surface area contributed by atoms with Gasteiger partial charge in [0.05, 0.1) is 11.1 Å². The summed E-state index contributed by atoms with van der Waals surface area (Å²) in [5, 5.41) is 12.8. The molecule has 43 heavy (non-hydrogen) atoms. The van der Waals surface area contributed by atoms with Gasteiger partial charge in [0, 0.05) is 39.9 Å². The number of rotatable bonds is 9. The Morgan fingerprint density at radius 1 is 0.977 bits per heavy atom. The van der Waals surface area contributed by atoms with E-state index in [1.165, 1.54) is 18.9 Å². The number of nitrogens with one attached hydrogen (secondary N) is 1. The normalized spacial score (nSPS) is 12.6. The van der Waals surface area contributed by atoms with Gasteiger partial charge in [0.1, 0.15) is 5.84 Å². The number of carbonyl (C=O) groups is 1. The monoisotopic (exact) mass is 615 g/mol. The van der Waals surface area contributed by atoms with E-state index in [-0.39, 0.29) is 30.7 Å². The fourth-order valence-corrected chi connectivity index (χ4v) is 3.69. The van der Waals surface area contributed by atoms with Gasteiger partial charge in [-0.05, 0) is 71.2 Å². The van der Waals surface area contributed by atoms with E-state index in [4.69, 9.17) is 5.11 Å². The van der Waals surface area contributed by atoms with E-state index in [2.05, 4.69) is 16.9 Å². The van der Waals surface area contributed by atoms with Crippen molar-refractivity contribution >= 4 is 30.6 Å². The van der Waals surface area contributed by atoms with Gasteiger partial charge in [-0.1, -0.05) is 52.5 Å². The summed E-state index contributed by atoms with van der Waals surface area (Å²) in [6.45, 7) is 15.2. The standard InChI is InChI=1S/C28H31F6N3O2.2C2H6/c1-18-7-8-21(13-19(2)26(36-20(3)39)35-11-5-6-12-38)14-23(18)17-37(4)16-22-9-10-24(27(29,30)31)15-25(22)28(32,33)34;2*1-2/h7-10,13-15,17,38H,1,5-6,11-12,16H2,2-4H3,(H,35,36,39);2*1-2H3/b19-13+,23-17-;;. The molecule has 0 fully saturated rings. The van der Waals surface area contributed by atoms with Gasteiger partial charge < -0.3 is 15.3 Å². The number of aliphatic hydroxyl groups excluding tert-OH is 1. The van der Waals surface area contributed by atoms with Gasteiger partial charge in [0.15, 0.2) is 0 Å². The van der Waals surface area contributed by atoms with E-state index in [0.29, 0.717) is 52.9 Å². The first-order valence-corrected chi connectivity index (χ1v) is 14.0. The Hall–Kier alpha value is -3.60. The minimum atomic E-state index is -4.96. The zero-order valence-electron chi connectivity index (χ0n) is 25.9. The van der Waals surface area contributed by atoms with Gasteiger partial charge in [-0.25, -0.2) is 0 Å². The fraction of sp³-hybridized carbons (Fsp3) is 0.438. The van der Waals surface area contributed by atoms with E-state index in [9.17, 15) is 31.1 Å². The summed E-state index contributed by atoms with van der Waals surface area (Å²) in [6.07, 6.45) is -5.30. The van der Waals surface area contributed by atoms with Crippen LogP contribution in [0.2, 0.25) is 0 Å². The van der Waals surface area contributed by atoms with Crippen LogP contribution >= 0.6 is 0 Å². The highest BCUT2D eigenvalue weighted by Gasteiger charge is 2.38. The van der Waals surface area contributed by atoms with Gasteiger partial charge in [0.2, 0.25) is 5.91 Å². The molecule has 0 aromatic heterocycles. The predicted octanol–water partition coefficient (Wildman–Crippen LogP) is 6.77. The summed E-state index contributed by atoms with van der Waals surface area (Å²) in [7, 11) is 1.51. The van der Waals surface area contributed by atoms with Crippen LogP contribution in [-0.4, -0.2) is 41.9 Å². The van der Waals surface area contributed by atoms with Gasteiger partial charge in [-0.2, -0.15) is 26.3 Å². The van der Waals surface area contributed by atoms with E-state index in [1.807, 2.05) is 27.7 Å². The summed E-state index contributed by atoms with van der Waals surface area (Å²) in [5.74, 6) is 0.0812. The highest BCUT2D eigenvalue weighted by atomic mass is 19.4. The smallest absolute Gasteiger partial charge is 0.396 e. The lowest BCUT2D eigenvalue weighted by molar-refractivity contribution is -0.143. The maximum atomic E-state index is 13.5. The molecule has 2 aromatic carbocycles. The second-order valence-electron chi connectivity index (χ2n) is 9.04. The first-order valence-electron chi connectivity index (χ1n) is 14.0. The molecule has 0 spiro atoms. The average Bonchev–Trinajstić information content (AvgIpc) is 2.93. The molecule has 1 amide bonds. The number of amides is 1. The van der Waals surface area contributed by atoms with Gasteiger partial charge in [-0.3, -0.25) is 9.79 Å². The molecule has 0 saturated heterocycles. The van der Waals surface area contributed by atoms with Crippen LogP contribution in [0.15, 0.2) is 47.0 Å². The fourth-order valence-electron chi connectivity index (χ4n) is 3.69. The molecule has 2 rings (SSSR count). The molecule has 0 unspecified atom stereocenters. The number of nitrogens with zero attached hydrogens (tertiary/aromatic N) is 2. The zero-order valence-corrected chi connectivity index (χ0v) is 25.9. The van der Waals surface area contributed by atoms with Crippen LogP contribution in [0.5, 0.6) is 0 Å². The summed E-state index contributed by atoms with van der Waals surface area (Å²) >= 11 is 0. The maximum absolute atomic E-state index is 13.5. The quantitative estimate of drug-likeness (QED) is 0.142. The Labute approximate surface area is 250 Å². The third-order valence-electron chi connectivity index (χ3n) is 5.58. The number of amidine groups is 1. The molecular weight excluding hydrogens is 572 g/mol. The van der Waals surface area contributed by atoms with Crippen molar-refractivity contribution in [2.75, 3.05) is 20.2 Å². The lowest BCUT2D eigenvalue weighted by Crippen LogP contribution is -2.29. The van der Waals surface area contributed by atoms with Crippen LogP contribution in [0.25, 0.3) is 18.9 Å². The number of hydrogen-bond acceptors (Lipinski definition) is 4. The first-order chi connectivity index (χ1) is 20.1. The van der Waals surface area contributed by atoms with Gasteiger partial charge >= 0.3 is 12.4 Å². The van der Waals surface area contributed by atoms with Gasteiger partial charge in [-0.15, -0.1) is 0 Å². The van der Waals surface area contributed by atoms with Crippen molar-refractivity contribution in [2.45, 2.75) is 73.3 Å². The SMILES string of the molecule is C=c1ccc(/C=C(\C)C(=NCCCCO)NC(C)=O)c/c1=C/N(C)Cc1ccc(C(F)(F)F)cc1C(F)(F)F.CC.CC. The highest BCUT2D eigenvalue weighted by Crippen LogP contribution is 2.37. The molecule has 0 aliphatic carbocycles. The van der Waals surface area contributed by atoms with Crippen LogP contribution in [0.4, 0.5) is 26.3 Å². The third kappa shape index (κ3) is 13.9. The Bertz CT molecular complexity index is 1330. The van der Waals surface area contributed by atoms with Crippen molar-refractivity contribution in [3.05, 3.63) is 74.7 Å². The molecule has 0 aliphatic heterocycles. The lowest BCUT2D eigenvalue weighted by Gasteiger charge is -2.20. The van der Waals surface area contributed by atoms with E-state index in [1.54, 1.807) is 37.4 Å². The molecule has 5 nitrogen and oxygen atoms in total. The molecule has 0 heterocycles. The lowest BCUT2D eigenvalue weighted by atomic mass is 10.0. The van der Waals surface area contributed by atoms with E-state index >= 15 is 0 Å². The van der Waals surface area contributed by atoms with Crippen molar-refractivity contribution in [2.24, 2.45) is 4.99 Å². The van der Waals surface area contributed by atoms with Crippen LogP contribution < -0.4 is 15.8 Å². The predicted molar refractivity (Wildman–Crippen MR) is 162 cm³/mol. The molecule has 0 atom stereocenters. The van der Waals surface area contributed by atoms with Crippen molar-refractivity contribution in [1.82, 2.24) is 10.2 Å². The second-order valence-corrected chi connectivity index (χ2v) is 9.04. The van der Waals surface area contributed by atoms with Crippen molar-refractivity contribution in [3.63, 3.8) is 0 Å². The van der Waals surface area contributed by atoms with Crippen LogP contribution in [0.3, 0.4) is 0 Å². The Balaban J connectivity index is 0.00000422. The summed E-state index contributed by atoms with van der Waals surface area (Å²) < 4.78 is 79.5. The number of unbranched alkanes of at least 4 members (excludes halogenated alkanes) is 1. The molecule has 0 radical (unpaired) electrons. The minimum absolute atomic E-state index is 0.0430. The molecular formula is C32H43F6N3O2. The number of alkyl halides is 6.